The topological polar surface area (TPSA) is 93.9 Å². The quantitative estimate of drug-likeness (QED) is 0.501. The van der Waals surface area contributed by atoms with Gasteiger partial charge in [-0.25, -0.2) is 14.6 Å². The molecule has 0 saturated carbocycles. The van der Waals surface area contributed by atoms with Crippen LogP contribution in [0.5, 0.6) is 5.75 Å². The fourth-order valence-corrected chi connectivity index (χ4v) is 5.53. The van der Waals surface area contributed by atoms with Crippen LogP contribution in [0, 0.1) is 6.92 Å². The summed E-state index contributed by atoms with van der Waals surface area (Å²) in [6.45, 7) is 8.99. The van der Waals surface area contributed by atoms with E-state index in [-0.39, 0.29) is 11.7 Å². The van der Waals surface area contributed by atoms with Gasteiger partial charge in [0.15, 0.2) is 5.69 Å². The van der Waals surface area contributed by atoms with E-state index in [9.17, 15) is 14.7 Å². The molecule has 1 N–H and O–H groups in total. The summed E-state index contributed by atoms with van der Waals surface area (Å²) in [6.07, 6.45) is 4.38. The third kappa shape index (κ3) is 4.81. The molecule has 3 heterocycles. The van der Waals surface area contributed by atoms with E-state index >= 15 is 0 Å². The van der Waals surface area contributed by atoms with Crippen molar-refractivity contribution in [1.82, 2.24) is 14.5 Å². The molecule has 1 aromatic carbocycles. The van der Waals surface area contributed by atoms with Gasteiger partial charge < -0.3 is 14.6 Å². The molecule has 1 unspecified atom stereocenters. The predicted octanol–water partition coefficient (Wildman–Crippen LogP) is 5.62. The molecule has 1 fully saturated rings. The largest absolute Gasteiger partial charge is 0.496 e. The van der Waals surface area contributed by atoms with Crippen molar-refractivity contribution in [1.29, 1.82) is 0 Å². The standard InChI is InChI=1S/C25H31N3O5S/c1-15-12-20(32-5)17(16-9-11-28(21(15)16)24(31)33-25(2,3)4)13-27-10-7-6-8-19(27)22-26-18(14-34-22)23(29)30/h9,11-12,14,19H,6-8,10,13H2,1-5H3,(H,29,30). The molecule has 0 bridgehead atoms. The first-order chi connectivity index (χ1) is 16.1. The Morgan fingerprint density at radius 1 is 1.29 bits per heavy atom. The molecule has 0 aliphatic carbocycles. The first-order valence-corrected chi connectivity index (χ1v) is 12.3. The monoisotopic (exact) mass is 485 g/mol. The molecule has 34 heavy (non-hydrogen) atoms. The second-order valence-corrected chi connectivity index (χ2v) is 10.6. The summed E-state index contributed by atoms with van der Waals surface area (Å²) in [5.41, 5.74) is 2.22. The van der Waals surface area contributed by atoms with Gasteiger partial charge in [0.1, 0.15) is 16.4 Å². The maximum absolute atomic E-state index is 12.9. The molecule has 3 aromatic rings. The zero-order chi connectivity index (χ0) is 24.6. The van der Waals surface area contributed by atoms with Crippen LogP contribution < -0.4 is 4.74 Å². The molecule has 0 radical (unpaired) electrons. The molecular weight excluding hydrogens is 454 g/mol. The van der Waals surface area contributed by atoms with Crippen molar-refractivity contribution in [3.8, 4) is 5.75 Å². The number of aryl methyl sites for hydroxylation is 1. The van der Waals surface area contributed by atoms with Crippen molar-refractivity contribution in [2.24, 2.45) is 0 Å². The van der Waals surface area contributed by atoms with Gasteiger partial charge >= 0.3 is 12.1 Å². The van der Waals surface area contributed by atoms with Crippen LogP contribution in [0.2, 0.25) is 0 Å². The van der Waals surface area contributed by atoms with E-state index in [1.165, 1.54) is 11.3 Å². The minimum Gasteiger partial charge on any atom is -0.496 e. The van der Waals surface area contributed by atoms with Crippen LogP contribution in [-0.2, 0) is 11.3 Å². The number of aromatic carboxylic acids is 1. The molecule has 0 amide bonds. The molecule has 2 aromatic heterocycles. The third-order valence-electron chi connectivity index (χ3n) is 6.04. The molecule has 1 saturated heterocycles. The molecule has 8 nitrogen and oxygen atoms in total. The lowest BCUT2D eigenvalue weighted by Crippen LogP contribution is -2.33. The molecule has 0 spiro atoms. The lowest BCUT2D eigenvalue weighted by Gasteiger charge is -2.35. The number of hydrogen-bond acceptors (Lipinski definition) is 7. The minimum atomic E-state index is -1.00. The number of rotatable bonds is 5. The molecular formula is C25H31N3O5S. The highest BCUT2D eigenvalue weighted by atomic mass is 32.1. The van der Waals surface area contributed by atoms with Crippen LogP contribution >= 0.6 is 11.3 Å². The Balaban J connectivity index is 1.73. The zero-order valence-corrected chi connectivity index (χ0v) is 21.1. The van der Waals surface area contributed by atoms with E-state index in [2.05, 4.69) is 9.88 Å². The number of fused-ring (bicyclic) bond motifs is 1. The fourth-order valence-electron chi connectivity index (χ4n) is 4.57. The summed E-state index contributed by atoms with van der Waals surface area (Å²) in [6, 6.07) is 3.94. The molecule has 1 aliphatic heterocycles. The van der Waals surface area contributed by atoms with Gasteiger partial charge in [0.05, 0.1) is 18.7 Å². The summed E-state index contributed by atoms with van der Waals surface area (Å²) in [4.78, 5) is 31.0. The Bertz CT molecular complexity index is 1220. The number of carbonyl (C=O) groups is 2. The maximum atomic E-state index is 12.9. The lowest BCUT2D eigenvalue weighted by molar-refractivity contribution is 0.0543. The third-order valence-corrected chi connectivity index (χ3v) is 6.99. The predicted molar refractivity (Wildman–Crippen MR) is 131 cm³/mol. The van der Waals surface area contributed by atoms with Crippen molar-refractivity contribution in [3.05, 3.63) is 45.5 Å². The number of carboxylic acid groups (broad SMARTS) is 1. The molecule has 1 aliphatic rings. The van der Waals surface area contributed by atoms with Crippen LogP contribution in [0.25, 0.3) is 10.9 Å². The number of carbonyl (C=O) groups excluding carboxylic acids is 1. The Hall–Kier alpha value is -2.91. The maximum Gasteiger partial charge on any atom is 0.419 e. The number of methoxy groups -OCH3 is 1. The number of piperidine rings is 1. The zero-order valence-electron chi connectivity index (χ0n) is 20.3. The van der Waals surface area contributed by atoms with Gasteiger partial charge in [-0.05, 0) is 64.8 Å². The number of ether oxygens (including phenoxy) is 2. The van der Waals surface area contributed by atoms with Gasteiger partial charge in [-0.3, -0.25) is 9.47 Å². The minimum absolute atomic E-state index is 0.0425. The first-order valence-electron chi connectivity index (χ1n) is 11.4. The lowest BCUT2D eigenvalue weighted by atomic mass is 9.99. The molecule has 9 heteroatoms. The second-order valence-electron chi connectivity index (χ2n) is 9.66. The Morgan fingerprint density at radius 3 is 2.71 bits per heavy atom. The summed E-state index contributed by atoms with van der Waals surface area (Å²) < 4.78 is 12.9. The van der Waals surface area contributed by atoms with Gasteiger partial charge in [-0.15, -0.1) is 11.3 Å². The van der Waals surface area contributed by atoms with Crippen molar-refractivity contribution in [3.63, 3.8) is 0 Å². The van der Waals surface area contributed by atoms with Crippen molar-refractivity contribution in [2.75, 3.05) is 13.7 Å². The van der Waals surface area contributed by atoms with Gasteiger partial charge in [-0.2, -0.15) is 0 Å². The van der Waals surface area contributed by atoms with Crippen LogP contribution in [0.4, 0.5) is 4.79 Å². The number of carboxylic acids is 1. The number of likely N-dealkylation sites (tertiary alicyclic amines) is 1. The average Bonchev–Trinajstić information content (AvgIpc) is 3.43. The summed E-state index contributed by atoms with van der Waals surface area (Å²) in [5.74, 6) is -0.239. The highest BCUT2D eigenvalue weighted by Gasteiger charge is 2.29. The molecule has 182 valence electrons. The second kappa shape index (κ2) is 9.38. The Morgan fingerprint density at radius 2 is 2.06 bits per heavy atom. The molecule has 4 rings (SSSR count). The summed E-state index contributed by atoms with van der Waals surface area (Å²) in [5, 5.41) is 12.7. The van der Waals surface area contributed by atoms with Crippen LogP contribution in [0.15, 0.2) is 23.7 Å². The van der Waals surface area contributed by atoms with E-state index < -0.39 is 17.7 Å². The average molecular weight is 486 g/mol. The van der Waals surface area contributed by atoms with E-state index in [0.717, 1.165) is 58.6 Å². The SMILES string of the molecule is COc1cc(C)c2c(ccn2C(=O)OC(C)(C)C)c1CN1CCCCC1c1nc(C(=O)O)cs1. The Labute approximate surface area is 203 Å². The van der Waals surface area contributed by atoms with E-state index in [4.69, 9.17) is 9.47 Å². The van der Waals surface area contributed by atoms with Crippen molar-refractivity contribution in [2.45, 2.75) is 65.1 Å². The van der Waals surface area contributed by atoms with Crippen molar-refractivity contribution < 1.29 is 24.2 Å². The van der Waals surface area contributed by atoms with Crippen LogP contribution in [-0.4, -0.2) is 50.9 Å². The Kier molecular flexibility index (Phi) is 6.69. The van der Waals surface area contributed by atoms with Gasteiger partial charge in [0, 0.05) is 29.1 Å². The number of aromatic nitrogens is 2. The normalized spacial score (nSPS) is 17.1. The number of thiazole rings is 1. The van der Waals surface area contributed by atoms with Gasteiger partial charge in [0.25, 0.3) is 0 Å². The van der Waals surface area contributed by atoms with Gasteiger partial charge in [-0.1, -0.05) is 6.42 Å². The van der Waals surface area contributed by atoms with Crippen LogP contribution in [0.3, 0.4) is 0 Å². The number of nitrogens with zero attached hydrogens (tertiary/aromatic N) is 3. The fraction of sp³-hybridized carbons (Fsp3) is 0.480. The summed E-state index contributed by atoms with van der Waals surface area (Å²) >= 11 is 1.40. The van der Waals surface area contributed by atoms with Gasteiger partial charge in [0.2, 0.25) is 0 Å². The van der Waals surface area contributed by atoms with E-state index in [0.29, 0.717) is 6.54 Å². The number of benzene rings is 1. The number of hydrogen-bond donors (Lipinski definition) is 1. The highest BCUT2D eigenvalue weighted by molar-refractivity contribution is 7.09. The highest BCUT2D eigenvalue weighted by Crippen LogP contribution is 2.38. The van der Waals surface area contributed by atoms with Crippen LogP contribution in [0.1, 0.15) is 72.7 Å². The summed E-state index contributed by atoms with van der Waals surface area (Å²) in [7, 11) is 1.66. The first kappa shape index (κ1) is 24.2. The van der Waals surface area contributed by atoms with E-state index in [1.54, 1.807) is 23.3 Å². The molecule has 1 atom stereocenters. The van der Waals surface area contributed by atoms with E-state index in [1.807, 2.05) is 39.8 Å². The van der Waals surface area contributed by atoms with Crippen molar-refractivity contribution >= 4 is 34.3 Å². The smallest absolute Gasteiger partial charge is 0.419 e.